The summed E-state index contributed by atoms with van der Waals surface area (Å²) >= 11 is 3.46. The Morgan fingerprint density at radius 1 is 1.39 bits per heavy atom. The third kappa shape index (κ3) is 2.43. The van der Waals surface area contributed by atoms with E-state index in [9.17, 15) is 0 Å². The maximum Gasteiger partial charge on any atom is 0.193 e. The van der Waals surface area contributed by atoms with Crippen LogP contribution in [0.25, 0.3) is 4.96 Å². The molecule has 0 spiro atoms. The van der Waals surface area contributed by atoms with E-state index in [-0.39, 0.29) is 0 Å². The van der Waals surface area contributed by atoms with Gasteiger partial charge in [-0.3, -0.25) is 4.40 Å². The molecule has 0 atom stereocenters. The lowest BCUT2D eigenvalue weighted by Gasteiger charge is -2.01. The van der Waals surface area contributed by atoms with Gasteiger partial charge in [0.15, 0.2) is 4.96 Å². The number of imidazole rings is 1. The number of thiazole rings is 1. The molecule has 3 aromatic rings. The van der Waals surface area contributed by atoms with Crippen molar-refractivity contribution < 1.29 is 0 Å². The number of thioether (sulfide) groups is 1. The van der Waals surface area contributed by atoms with E-state index >= 15 is 0 Å². The van der Waals surface area contributed by atoms with Gasteiger partial charge in [-0.15, -0.1) is 23.1 Å². The van der Waals surface area contributed by atoms with Crippen LogP contribution in [0.15, 0.2) is 46.9 Å². The zero-order chi connectivity index (χ0) is 12.4. The van der Waals surface area contributed by atoms with Gasteiger partial charge in [-0.05, 0) is 17.7 Å². The molecule has 3 rings (SSSR count). The Kier molecular flexibility index (Phi) is 3.36. The molecule has 0 unspecified atom stereocenters. The first-order valence-corrected chi connectivity index (χ1v) is 7.54. The molecule has 2 N–H and O–H groups in total. The zero-order valence-electron chi connectivity index (χ0n) is 9.74. The molecule has 5 heteroatoms. The first-order valence-electron chi connectivity index (χ1n) is 5.68. The van der Waals surface area contributed by atoms with Crippen LogP contribution in [0, 0.1) is 0 Å². The third-order valence-corrected chi connectivity index (χ3v) is 4.46. The van der Waals surface area contributed by atoms with Crippen molar-refractivity contribution in [1.29, 1.82) is 0 Å². The summed E-state index contributed by atoms with van der Waals surface area (Å²) in [5.74, 6) is 0.891. The van der Waals surface area contributed by atoms with Crippen LogP contribution in [0.1, 0.15) is 11.3 Å². The van der Waals surface area contributed by atoms with Crippen molar-refractivity contribution in [2.75, 3.05) is 0 Å². The van der Waals surface area contributed by atoms with Crippen LogP contribution in [0.3, 0.4) is 0 Å². The Morgan fingerprint density at radius 3 is 3.17 bits per heavy atom. The maximum absolute atomic E-state index is 5.64. The Morgan fingerprint density at radius 2 is 2.33 bits per heavy atom. The Balaban J connectivity index is 1.71. The highest BCUT2D eigenvalue weighted by Crippen LogP contribution is 2.24. The van der Waals surface area contributed by atoms with Crippen molar-refractivity contribution in [2.45, 2.75) is 17.2 Å². The fourth-order valence-electron chi connectivity index (χ4n) is 1.77. The van der Waals surface area contributed by atoms with E-state index in [2.05, 4.69) is 39.8 Å². The van der Waals surface area contributed by atoms with Gasteiger partial charge in [-0.1, -0.05) is 12.1 Å². The van der Waals surface area contributed by atoms with Crippen LogP contribution in [0.5, 0.6) is 0 Å². The lowest BCUT2D eigenvalue weighted by Crippen LogP contribution is -1.95. The normalized spacial score (nSPS) is 11.2. The molecular formula is C13H13N3S2. The molecule has 18 heavy (non-hydrogen) atoms. The zero-order valence-corrected chi connectivity index (χ0v) is 11.4. The van der Waals surface area contributed by atoms with E-state index in [0.29, 0.717) is 6.54 Å². The number of hydrogen-bond acceptors (Lipinski definition) is 4. The van der Waals surface area contributed by atoms with Gasteiger partial charge in [0, 0.05) is 35.0 Å². The Hall–Kier alpha value is -1.30. The van der Waals surface area contributed by atoms with Gasteiger partial charge in [0.1, 0.15) is 0 Å². The first-order chi connectivity index (χ1) is 8.85. The Labute approximate surface area is 114 Å². The second-order valence-corrected chi connectivity index (χ2v) is 5.89. The van der Waals surface area contributed by atoms with Crippen LogP contribution in [-0.2, 0) is 12.3 Å². The monoisotopic (exact) mass is 275 g/mol. The van der Waals surface area contributed by atoms with E-state index in [1.54, 1.807) is 23.1 Å². The van der Waals surface area contributed by atoms with Crippen molar-refractivity contribution in [3.8, 4) is 0 Å². The lowest BCUT2D eigenvalue weighted by molar-refractivity contribution is 1.06. The van der Waals surface area contributed by atoms with E-state index in [4.69, 9.17) is 5.73 Å². The van der Waals surface area contributed by atoms with Crippen LogP contribution in [0.2, 0.25) is 0 Å². The standard InChI is InChI=1S/C13H13N3S2/c14-7-10-2-1-3-12(6-10)18-9-11-8-16-4-5-17-13(16)15-11/h1-6,8H,7,9,14H2. The fourth-order valence-corrected chi connectivity index (χ4v) is 3.35. The van der Waals surface area contributed by atoms with Crippen LogP contribution in [-0.4, -0.2) is 9.38 Å². The number of nitrogens with zero attached hydrogens (tertiary/aromatic N) is 2. The summed E-state index contributed by atoms with van der Waals surface area (Å²) in [6, 6.07) is 8.36. The Bertz CT molecular complexity index is 628. The molecule has 0 fully saturated rings. The SMILES string of the molecule is NCc1cccc(SCc2cn3ccsc3n2)c1. The lowest BCUT2D eigenvalue weighted by atomic mass is 10.2. The highest BCUT2D eigenvalue weighted by molar-refractivity contribution is 7.98. The molecule has 0 aliphatic rings. The fraction of sp³-hybridized carbons (Fsp3) is 0.154. The number of rotatable bonds is 4. The first kappa shape index (κ1) is 11.8. The molecule has 1 aromatic carbocycles. The molecule has 2 heterocycles. The van der Waals surface area contributed by atoms with Crippen LogP contribution < -0.4 is 5.73 Å². The molecule has 0 bridgehead atoms. The molecule has 0 amide bonds. The maximum atomic E-state index is 5.64. The average molecular weight is 275 g/mol. The number of aromatic nitrogens is 2. The largest absolute Gasteiger partial charge is 0.326 e. The third-order valence-electron chi connectivity index (χ3n) is 2.66. The summed E-state index contributed by atoms with van der Waals surface area (Å²) in [6.07, 6.45) is 4.13. The summed E-state index contributed by atoms with van der Waals surface area (Å²) in [6.45, 7) is 0.592. The number of nitrogens with two attached hydrogens (primary N) is 1. The molecule has 0 aliphatic heterocycles. The smallest absolute Gasteiger partial charge is 0.193 e. The van der Waals surface area contributed by atoms with Crippen molar-refractivity contribution in [3.05, 3.63) is 53.3 Å². The van der Waals surface area contributed by atoms with E-state index in [1.165, 1.54) is 10.5 Å². The second kappa shape index (κ2) is 5.14. The molecule has 3 nitrogen and oxygen atoms in total. The predicted octanol–water partition coefficient (Wildman–Crippen LogP) is 3.15. The highest BCUT2D eigenvalue weighted by atomic mass is 32.2. The van der Waals surface area contributed by atoms with Gasteiger partial charge < -0.3 is 5.73 Å². The van der Waals surface area contributed by atoms with Gasteiger partial charge in [-0.2, -0.15) is 0 Å². The summed E-state index contributed by atoms with van der Waals surface area (Å²) < 4.78 is 2.07. The van der Waals surface area contributed by atoms with Crippen LogP contribution in [0.4, 0.5) is 0 Å². The summed E-state index contributed by atoms with van der Waals surface area (Å²) in [5, 5.41) is 2.05. The number of hydrogen-bond donors (Lipinski definition) is 1. The van der Waals surface area contributed by atoms with Crippen molar-refractivity contribution in [1.82, 2.24) is 9.38 Å². The van der Waals surface area contributed by atoms with Crippen LogP contribution >= 0.6 is 23.1 Å². The van der Waals surface area contributed by atoms with Crippen molar-refractivity contribution >= 4 is 28.1 Å². The molecule has 0 aliphatic carbocycles. The molecule has 0 radical (unpaired) electrons. The van der Waals surface area contributed by atoms with E-state index < -0.39 is 0 Å². The highest BCUT2D eigenvalue weighted by Gasteiger charge is 2.03. The summed E-state index contributed by atoms with van der Waals surface area (Å²) in [7, 11) is 0. The van der Waals surface area contributed by atoms with Gasteiger partial charge >= 0.3 is 0 Å². The van der Waals surface area contributed by atoms with Gasteiger partial charge in [0.05, 0.1) is 5.69 Å². The van der Waals surface area contributed by atoms with Gasteiger partial charge in [0.2, 0.25) is 0 Å². The molecule has 0 saturated carbocycles. The van der Waals surface area contributed by atoms with E-state index in [0.717, 1.165) is 16.4 Å². The molecular weight excluding hydrogens is 262 g/mol. The summed E-state index contributed by atoms with van der Waals surface area (Å²) in [4.78, 5) is 6.87. The topological polar surface area (TPSA) is 43.3 Å². The predicted molar refractivity (Wildman–Crippen MR) is 77.0 cm³/mol. The van der Waals surface area contributed by atoms with Crippen molar-refractivity contribution in [3.63, 3.8) is 0 Å². The molecule has 92 valence electrons. The quantitative estimate of drug-likeness (QED) is 0.744. The summed E-state index contributed by atoms with van der Waals surface area (Å²) in [5.41, 5.74) is 7.93. The molecule has 0 saturated heterocycles. The number of benzene rings is 1. The average Bonchev–Trinajstić information content (AvgIpc) is 2.97. The minimum Gasteiger partial charge on any atom is -0.326 e. The second-order valence-electron chi connectivity index (χ2n) is 3.97. The minimum absolute atomic E-state index is 0.592. The van der Waals surface area contributed by atoms with Crippen molar-refractivity contribution in [2.24, 2.45) is 5.73 Å². The molecule has 2 aromatic heterocycles. The van der Waals surface area contributed by atoms with Gasteiger partial charge in [0.25, 0.3) is 0 Å². The van der Waals surface area contributed by atoms with Gasteiger partial charge in [-0.25, -0.2) is 4.98 Å². The van der Waals surface area contributed by atoms with E-state index in [1.807, 2.05) is 11.6 Å². The minimum atomic E-state index is 0.592. The number of fused-ring (bicyclic) bond motifs is 1.